The third-order valence-electron chi connectivity index (χ3n) is 3.50. The highest BCUT2D eigenvalue weighted by atomic mass is 79.9. The summed E-state index contributed by atoms with van der Waals surface area (Å²) in [5, 5.41) is 18.2. The number of rotatable bonds is 3. The second kappa shape index (κ2) is 6.21. The molecule has 1 aliphatic heterocycles. The van der Waals surface area contributed by atoms with Crippen molar-refractivity contribution in [1.82, 2.24) is 9.88 Å². The summed E-state index contributed by atoms with van der Waals surface area (Å²) in [6.07, 6.45) is 1.58. The number of aromatic nitrogens is 1. The number of halogens is 1. The Morgan fingerprint density at radius 3 is 2.48 bits per heavy atom. The summed E-state index contributed by atoms with van der Waals surface area (Å²) in [6, 6.07) is 3.33. The van der Waals surface area contributed by atoms with Crippen LogP contribution in [0.4, 0.5) is 0 Å². The normalized spacial score (nSPS) is 21.9. The Morgan fingerprint density at radius 1 is 1.24 bits per heavy atom. The molecule has 112 valence electrons. The van der Waals surface area contributed by atoms with Crippen molar-refractivity contribution in [2.75, 3.05) is 13.1 Å². The molecule has 0 spiro atoms. The maximum absolute atomic E-state index is 12.4. The van der Waals surface area contributed by atoms with Crippen LogP contribution in [0.2, 0.25) is 0 Å². The summed E-state index contributed by atoms with van der Waals surface area (Å²) in [6.45, 7) is 0.0662. The topological polar surface area (TPSA) is 108 Å². The van der Waals surface area contributed by atoms with Crippen molar-refractivity contribution in [3.05, 3.63) is 28.5 Å². The van der Waals surface area contributed by atoms with Gasteiger partial charge in [-0.1, -0.05) is 0 Å². The number of hydrogen-bond acceptors (Lipinski definition) is 4. The van der Waals surface area contributed by atoms with Crippen LogP contribution >= 0.6 is 15.9 Å². The van der Waals surface area contributed by atoms with Gasteiger partial charge >= 0.3 is 11.9 Å². The Hall–Kier alpha value is -1.96. The smallest absolute Gasteiger partial charge is 0.309 e. The molecule has 21 heavy (non-hydrogen) atoms. The summed E-state index contributed by atoms with van der Waals surface area (Å²) in [5.74, 6) is -4.84. The SMILES string of the molecule is O=C(O)C1CCN(C(=O)c2ncccc2Br)CC1C(=O)O. The molecule has 2 unspecified atom stereocenters. The Morgan fingerprint density at radius 2 is 1.90 bits per heavy atom. The predicted octanol–water partition coefficient (Wildman–Crippen LogP) is 1.09. The van der Waals surface area contributed by atoms with Crippen molar-refractivity contribution in [2.45, 2.75) is 6.42 Å². The third-order valence-corrected chi connectivity index (χ3v) is 4.14. The number of hydrogen-bond donors (Lipinski definition) is 2. The molecule has 2 N–H and O–H groups in total. The number of nitrogens with zero attached hydrogens (tertiary/aromatic N) is 2. The predicted molar refractivity (Wildman–Crippen MR) is 74.7 cm³/mol. The van der Waals surface area contributed by atoms with E-state index >= 15 is 0 Å². The van der Waals surface area contributed by atoms with Gasteiger partial charge in [0.15, 0.2) is 0 Å². The summed E-state index contributed by atoms with van der Waals surface area (Å²) in [4.78, 5) is 40.0. The molecule has 0 radical (unpaired) electrons. The van der Waals surface area contributed by atoms with Crippen LogP contribution in [-0.2, 0) is 9.59 Å². The van der Waals surface area contributed by atoms with E-state index in [1.54, 1.807) is 12.1 Å². The lowest BCUT2D eigenvalue weighted by atomic mass is 9.85. The highest BCUT2D eigenvalue weighted by Crippen LogP contribution is 2.26. The molecule has 1 amide bonds. The molecule has 0 aliphatic carbocycles. The van der Waals surface area contributed by atoms with Gasteiger partial charge in [-0.15, -0.1) is 0 Å². The van der Waals surface area contributed by atoms with Crippen molar-refractivity contribution >= 4 is 33.8 Å². The summed E-state index contributed by atoms with van der Waals surface area (Å²) in [5.41, 5.74) is 0.190. The molecule has 2 heterocycles. The van der Waals surface area contributed by atoms with Crippen LogP contribution in [0.25, 0.3) is 0 Å². The number of aliphatic carboxylic acids is 2. The Labute approximate surface area is 128 Å². The van der Waals surface area contributed by atoms with Gasteiger partial charge in [0.05, 0.1) is 11.8 Å². The molecule has 1 saturated heterocycles. The van der Waals surface area contributed by atoms with Crippen LogP contribution < -0.4 is 0 Å². The fourth-order valence-electron chi connectivity index (χ4n) is 2.38. The standard InChI is InChI=1S/C13H13BrN2O5/c14-9-2-1-4-15-10(9)11(17)16-5-3-7(12(18)19)8(6-16)13(20)21/h1-2,4,7-8H,3,5-6H2,(H,18,19)(H,20,21). The van der Waals surface area contributed by atoms with Gasteiger partial charge in [-0.2, -0.15) is 0 Å². The van der Waals surface area contributed by atoms with Crippen molar-refractivity contribution in [3.8, 4) is 0 Å². The van der Waals surface area contributed by atoms with Gasteiger partial charge in [0.2, 0.25) is 0 Å². The van der Waals surface area contributed by atoms with E-state index in [2.05, 4.69) is 20.9 Å². The van der Waals surface area contributed by atoms with Crippen molar-refractivity contribution in [3.63, 3.8) is 0 Å². The van der Waals surface area contributed by atoms with Crippen molar-refractivity contribution in [1.29, 1.82) is 0 Å². The summed E-state index contributed by atoms with van der Waals surface area (Å²) >= 11 is 3.22. The lowest BCUT2D eigenvalue weighted by Gasteiger charge is -2.34. The molecule has 1 fully saturated rings. The van der Waals surface area contributed by atoms with Crippen molar-refractivity contribution in [2.24, 2.45) is 11.8 Å². The van der Waals surface area contributed by atoms with Gasteiger partial charge in [-0.3, -0.25) is 14.4 Å². The van der Waals surface area contributed by atoms with E-state index in [4.69, 9.17) is 10.2 Å². The number of carboxylic acids is 2. The van der Waals surface area contributed by atoms with E-state index < -0.39 is 29.7 Å². The molecule has 1 aromatic rings. The first kappa shape index (κ1) is 15.4. The maximum Gasteiger partial charge on any atom is 0.309 e. The van der Waals surface area contributed by atoms with Crippen LogP contribution in [0.5, 0.6) is 0 Å². The van der Waals surface area contributed by atoms with Crippen LogP contribution in [0.3, 0.4) is 0 Å². The van der Waals surface area contributed by atoms with E-state index in [1.807, 2.05) is 0 Å². The lowest BCUT2D eigenvalue weighted by Crippen LogP contribution is -2.48. The van der Waals surface area contributed by atoms with E-state index in [9.17, 15) is 14.4 Å². The fourth-order valence-corrected chi connectivity index (χ4v) is 2.80. The van der Waals surface area contributed by atoms with Crippen LogP contribution in [0.15, 0.2) is 22.8 Å². The Balaban J connectivity index is 2.20. The second-order valence-corrected chi connectivity index (χ2v) is 5.62. The highest BCUT2D eigenvalue weighted by molar-refractivity contribution is 9.10. The molecule has 0 bridgehead atoms. The molecular weight excluding hydrogens is 344 g/mol. The molecule has 1 aliphatic rings. The molecule has 2 atom stereocenters. The number of amides is 1. The molecule has 7 nitrogen and oxygen atoms in total. The monoisotopic (exact) mass is 356 g/mol. The summed E-state index contributed by atoms with van der Waals surface area (Å²) in [7, 11) is 0. The zero-order chi connectivity index (χ0) is 15.6. The Bertz CT molecular complexity index is 592. The average molecular weight is 357 g/mol. The quantitative estimate of drug-likeness (QED) is 0.839. The van der Waals surface area contributed by atoms with Crippen LogP contribution in [0.1, 0.15) is 16.9 Å². The summed E-state index contributed by atoms with van der Waals surface area (Å²) < 4.78 is 0.516. The minimum absolute atomic E-state index is 0.114. The second-order valence-electron chi connectivity index (χ2n) is 4.76. The minimum atomic E-state index is -1.21. The maximum atomic E-state index is 12.4. The van der Waals surface area contributed by atoms with E-state index in [0.29, 0.717) is 4.47 Å². The van der Waals surface area contributed by atoms with Gasteiger partial charge in [0.25, 0.3) is 5.91 Å². The van der Waals surface area contributed by atoms with Crippen LogP contribution in [0, 0.1) is 11.8 Å². The third kappa shape index (κ3) is 3.21. The van der Waals surface area contributed by atoms with Gasteiger partial charge in [0.1, 0.15) is 5.69 Å². The number of carbonyl (C=O) groups excluding carboxylic acids is 1. The first-order valence-corrected chi connectivity index (χ1v) is 7.06. The van der Waals surface area contributed by atoms with Crippen molar-refractivity contribution < 1.29 is 24.6 Å². The lowest BCUT2D eigenvalue weighted by molar-refractivity contribution is -0.156. The van der Waals surface area contributed by atoms with Gasteiger partial charge in [0, 0.05) is 23.8 Å². The zero-order valence-electron chi connectivity index (χ0n) is 10.9. The highest BCUT2D eigenvalue weighted by Gasteiger charge is 2.40. The van der Waals surface area contributed by atoms with E-state index in [-0.39, 0.29) is 25.2 Å². The minimum Gasteiger partial charge on any atom is -0.481 e. The number of likely N-dealkylation sites (tertiary alicyclic amines) is 1. The average Bonchev–Trinajstić information content (AvgIpc) is 2.46. The number of carbonyl (C=O) groups is 3. The fraction of sp³-hybridized carbons (Fsp3) is 0.385. The van der Waals surface area contributed by atoms with E-state index in [0.717, 1.165) is 0 Å². The zero-order valence-corrected chi connectivity index (χ0v) is 12.5. The molecule has 0 aromatic carbocycles. The van der Waals surface area contributed by atoms with Gasteiger partial charge in [-0.05, 0) is 34.5 Å². The Kier molecular flexibility index (Phi) is 4.56. The first-order valence-electron chi connectivity index (χ1n) is 6.27. The number of pyridine rings is 1. The molecule has 0 saturated carbocycles. The molecule has 8 heteroatoms. The van der Waals surface area contributed by atoms with Gasteiger partial charge in [-0.25, -0.2) is 4.98 Å². The molecular formula is C13H13BrN2O5. The number of carboxylic acid groups (broad SMARTS) is 2. The molecule has 2 rings (SSSR count). The molecule has 1 aromatic heterocycles. The van der Waals surface area contributed by atoms with Gasteiger partial charge < -0.3 is 15.1 Å². The largest absolute Gasteiger partial charge is 0.481 e. The van der Waals surface area contributed by atoms with Crippen LogP contribution in [-0.4, -0.2) is 51.0 Å². The first-order chi connectivity index (χ1) is 9.91. The number of piperidine rings is 1. The van der Waals surface area contributed by atoms with E-state index in [1.165, 1.54) is 11.1 Å².